The minimum atomic E-state index is -2.58. The highest BCUT2D eigenvalue weighted by molar-refractivity contribution is 8.08. The van der Waals surface area contributed by atoms with Crippen LogP contribution in [0.5, 0.6) is 0 Å². The first-order valence-electron chi connectivity index (χ1n) is 15.2. The molecule has 0 radical (unpaired) electrons. The molecule has 0 fully saturated rings. The van der Waals surface area contributed by atoms with Crippen LogP contribution in [0.3, 0.4) is 0 Å². The lowest BCUT2D eigenvalue weighted by molar-refractivity contribution is -0.146. The normalized spacial score (nSPS) is 15.1. The number of hydrogen-bond donors (Lipinski definition) is 0. The molecular weight excluding hydrogens is 639 g/mol. The van der Waals surface area contributed by atoms with Crippen molar-refractivity contribution in [3.8, 4) is 0 Å². The van der Waals surface area contributed by atoms with Gasteiger partial charge in [0.2, 0.25) is 5.45 Å². The lowest BCUT2D eigenvalue weighted by Gasteiger charge is -2.47. The summed E-state index contributed by atoms with van der Waals surface area (Å²) in [5, 5.41) is 11.4. The minimum absolute atomic E-state index is 0. The van der Waals surface area contributed by atoms with E-state index in [-0.39, 0.29) is 29.5 Å². The maximum atomic E-state index is 13.4. The molecule has 5 aromatic carbocycles. The number of halogens is 1. The van der Waals surface area contributed by atoms with Crippen LogP contribution in [0.4, 0.5) is 0 Å². The van der Waals surface area contributed by atoms with Crippen molar-refractivity contribution in [2.45, 2.75) is 26.3 Å². The summed E-state index contributed by atoms with van der Waals surface area (Å²) in [7, 11) is -2.58. The molecule has 5 aromatic rings. The van der Waals surface area contributed by atoms with Crippen LogP contribution < -0.4 is 32.9 Å². The molecule has 1 aliphatic rings. The van der Waals surface area contributed by atoms with Crippen molar-refractivity contribution in [1.29, 1.82) is 0 Å². The molecule has 0 aliphatic carbocycles. The minimum Gasteiger partial charge on any atom is -1.00 e. The Balaban J connectivity index is 0.00000400. The quantitative estimate of drug-likeness (QED) is 0.174. The highest BCUT2D eigenvalue weighted by atomic mass is 79.9. The summed E-state index contributed by atoms with van der Waals surface area (Å²) < 4.78 is 5.57. The maximum absolute atomic E-state index is 13.4. The molecule has 1 heterocycles. The van der Waals surface area contributed by atoms with E-state index in [4.69, 9.17) is 9.84 Å². The number of rotatable bonds is 9. The van der Waals surface area contributed by atoms with Crippen LogP contribution >= 0.6 is 7.26 Å². The zero-order valence-electron chi connectivity index (χ0n) is 25.9. The van der Waals surface area contributed by atoms with E-state index in [0.717, 1.165) is 16.6 Å². The van der Waals surface area contributed by atoms with Gasteiger partial charge in [0, 0.05) is 0 Å². The van der Waals surface area contributed by atoms with Crippen LogP contribution in [0.1, 0.15) is 31.9 Å². The average molecular weight is 678 g/mol. The van der Waals surface area contributed by atoms with Crippen molar-refractivity contribution in [3.05, 3.63) is 163 Å². The molecule has 45 heavy (non-hydrogen) atoms. The second kappa shape index (κ2) is 13.5. The first-order valence-corrected chi connectivity index (χ1v) is 17.0. The van der Waals surface area contributed by atoms with Gasteiger partial charge in [-0.15, -0.1) is 5.10 Å². The Morgan fingerprint density at radius 1 is 0.644 bits per heavy atom. The molecular formula is C39H38BrN2O2P. The van der Waals surface area contributed by atoms with Crippen molar-refractivity contribution in [2.75, 3.05) is 13.2 Å². The SMILES string of the molecule is CCOC(=O)CN1N=C([P+](c2ccccc2)(c2ccccc2)c2ccccc2)C(C)(C)C1(c1ccccc1)c1ccccc1.[Br-]. The van der Waals surface area contributed by atoms with E-state index in [9.17, 15) is 4.79 Å². The average Bonchev–Trinajstić information content (AvgIpc) is 3.30. The lowest BCUT2D eigenvalue weighted by atomic mass is 9.65. The standard InChI is InChI=1S/C39H38N2O2P.BrH/c1-4-43-36(42)30-41-39(31-20-10-5-11-21-31,32-22-12-6-13-23-32)38(2,3)37(40-41)44(33-24-14-7-15-25-33,34-26-16-8-17-27-34)35-28-18-9-19-29-35;/h5-29H,4,30H2,1-3H3;1H/q+1;/p-1. The number of hydrazone groups is 1. The Bertz CT molecular complexity index is 1600. The molecule has 0 aromatic heterocycles. The second-order valence-electron chi connectivity index (χ2n) is 11.5. The van der Waals surface area contributed by atoms with Gasteiger partial charge < -0.3 is 21.7 Å². The molecule has 228 valence electrons. The predicted octanol–water partition coefficient (Wildman–Crippen LogP) is 4.15. The zero-order valence-corrected chi connectivity index (χ0v) is 28.4. The molecule has 0 N–H and O–H groups in total. The first kappa shape index (κ1) is 32.3. The Kier molecular flexibility index (Phi) is 9.72. The van der Waals surface area contributed by atoms with Gasteiger partial charge in [-0.2, -0.15) is 0 Å². The third kappa shape index (κ3) is 5.32. The van der Waals surface area contributed by atoms with E-state index in [1.165, 1.54) is 15.9 Å². The van der Waals surface area contributed by atoms with E-state index >= 15 is 0 Å². The maximum Gasteiger partial charge on any atom is 0.327 e. The molecule has 4 nitrogen and oxygen atoms in total. The van der Waals surface area contributed by atoms with Crippen molar-refractivity contribution < 1.29 is 26.5 Å². The van der Waals surface area contributed by atoms with Gasteiger partial charge in [-0.1, -0.05) is 115 Å². The van der Waals surface area contributed by atoms with Crippen LogP contribution in [-0.4, -0.2) is 29.6 Å². The summed E-state index contributed by atoms with van der Waals surface area (Å²) in [4.78, 5) is 13.4. The van der Waals surface area contributed by atoms with Gasteiger partial charge in [0.1, 0.15) is 28.0 Å². The third-order valence-corrected chi connectivity index (χ3v) is 13.3. The largest absolute Gasteiger partial charge is 1.00 e. The van der Waals surface area contributed by atoms with Crippen molar-refractivity contribution in [3.63, 3.8) is 0 Å². The van der Waals surface area contributed by atoms with Crippen LogP contribution in [-0.2, 0) is 15.1 Å². The molecule has 6 heteroatoms. The molecule has 0 unspecified atom stereocenters. The van der Waals surface area contributed by atoms with Crippen molar-refractivity contribution in [2.24, 2.45) is 10.5 Å². The van der Waals surface area contributed by atoms with Gasteiger partial charge in [-0.3, -0.25) is 9.80 Å². The predicted molar refractivity (Wildman–Crippen MR) is 183 cm³/mol. The van der Waals surface area contributed by atoms with Crippen molar-refractivity contribution >= 4 is 34.6 Å². The summed E-state index contributed by atoms with van der Waals surface area (Å²) in [5.74, 6) is -0.299. The van der Waals surface area contributed by atoms with Gasteiger partial charge in [0.15, 0.2) is 7.26 Å². The molecule has 0 bridgehead atoms. The lowest BCUT2D eigenvalue weighted by Crippen LogP contribution is -3.00. The molecule has 6 rings (SSSR count). The highest BCUT2D eigenvalue weighted by Gasteiger charge is 2.69. The Morgan fingerprint density at radius 2 is 1.00 bits per heavy atom. The van der Waals surface area contributed by atoms with Crippen LogP contribution in [0.15, 0.2) is 157 Å². The third-order valence-electron chi connectivity index (χ3n) is 8.78. The molecule has 0 spiro atoms. The number of carbonyl (C=O) groups is 1. The number of esters is 1. The number of ether oxygens (including phenoxy) is 1. The summed E-state index contributed by atoms with van der Waals surface area (Å²) in [6.45, 7) is 6.79. The smallest absolute Gasteiger partial charge is 0.327 e. The van der Waals surface area contributed by atoms with E-state index in [1.54, 1.807) is 0 Å². The van der Waals surface area contributed by atoms with Crippen LogP contribution in [0, 0.1) is 5.41 Å². The van der Waals surface area contributed by atoms with Gasteiger partial charge in [-0.25, -0.2) is 0 Å². The van der Waals surface area contributed by atoms with Gasteiger partial charge in [0.25, 0.3) is 0 Å². The van der Waals surface area contributed by atoms with Crippen LogP contribution in [0.2, 0.25) is 0 Å². The second-order valence-corrected chi connectivity index (χ2v) is 14.8. The highest BCUT2D eigenvalue weighted by Crippen LogP contribution is 2.68. The topological polar surface area (TPSA) is 41.9 Å². The number of benzene rings is 5. The Labute approximate surface area is 277 Å². The first-order chi connectivity index (χ1) is 21.5. The molecule has 1 aliphatic heterocycles. The number of carbonyl (C=O) groups excluding carboxylic acids is 1. The Morgan fingerprint density at radius 3 is 1.36 bits per heavy atom. The fourth-order valence-electron chi connectivity index (χ4n) is 7.08. The van der Waals surface area contributed by atoms with Crippen molar-refractivity contribution in [1.82, 2.24) is 5.01 Å². The molecule has 0 atom stereocenters. The van der Waals surface area contributed by atoms with Gasteiger partial charge in [-0.05, 0) is 68.3 Å². The summed E-state index contributed by atoms with van der Waals surface area (Å²) in [6.07, 6.45) is 0. The zero-order chi connectivity index (χ0) is 30.6. The monoisotopic (exact) mass is 676 g/mol. The van der Waals surface area contributed by atoms with Gasteiger partial charge in [0.05, 0.1) is 12.0 Å². The summed E-state index contributed by atoms with van der Waals surface area (Å²) >= 11 is 0. The van der Waals surface area contributed by atoms with E-state index in [0.29, 0.717) is 6.61 Å². The molecule has 0 saturated heterocycles. The van der Waals surface area contributed by atoms with Gasteiger partial charge >= 0.3 is 5.97 Å². The van der Waals surface area contributed by atoms with E-state index in [2.05, 4.69) is 153 Å². The van der Waals surface area contributed by atoms with E-state index < -0.39 is 18.2 Å². The fourth-order valence-corrected chi connectivity index (χ4v) is 11.8. The summed E-state index contributed by atoms with van der Waals surface area (Å²) in [6, 6.07) is 53.4. The number of hydrogen-bond acceptors (Lipinski definition) is 4. The van der Waals surface area contributed by atoms with E-state index in [1.807, 2.05) is 24.1 Å². The number of nitrogens with zero attached hydrogens (tertiary/aromatic N) is 2. The fraction of sp³-hybridized carbons (Fsp3) is 0.179. The summed E-state index contributed by atoms with van der Waals surface area (Å²) in [5.41, 5.74) is 1.81. The van der Waals surface area contributed by atoms with Crippen LogP contribution in [0.25, 0.3) is 0 Å². The molecule has 0 amide bonds. The molecule has 0 saturated carbocycles. The Hall–Kier alpha value is -4.05.